The first-order valence-corrected chi connectivity index (χ1v) is 10.5. The van der Waals surface area contributed by atoms with Crippen LogP contribution < -0.4 is 16.0 Å². The second-order valence-corrected chi connectivity index (χ2v) is 8.51. The molecule has 2 bridgehead atoms. The van der Waals surface area contributed by atoms with E-state index in [2.05, 4.69) is 25.4 Å². The molecule has 2 fully saturated rings. The van der Waals surface area contributed by atoms with E-state index in [1.54, 1.807) is 13.1 Å². The third-order valence-corrected chi connectivity index (χ3v) is 6.37. The summed E-state index contributed by atoms with van der Waals surface area (Å²) in [4.78, 5) is 6.76. The molecule has 3 N–H and O–H groups in total. The monoisotopic (exact) mass is 462 g/mol. The van der Waals surface area contributed by atoms with Gasteiger partial charge in [0.25, 0.3) is 0 Å². The van der Waals surface area contributed by atoms with E-state index in [4.69, 9.17) is 10.5 Å². The largest absolute Gasteiger partial charge is 0.416 e. The number of anilines is 2. The summed E-state index contributed by atoms with van der Waals surface area (Å²) in [5.74, 6) is 0.0195. The summed E-state index contributed by atoms with van der Waals surface area (Å²) in [6.45, 7) is 4.45. The maximum absolute atomic E-state index is 14.0. The third-order valence-electron chi connectivity index (χ3n) is 6.37. The van der Waals surface area contributed by atoms with Crippen molar-refractivity contribution in [3.63, 3.8) is 0 Å². The maximum atomic E-state index is 14.0. The molecule has 0 spiro atoms. The Morgan fingerprint density at radius 2 is 1.97 bits per heavy atom. The Hall–Kier alpha value is -3.05. The fourth-order valence-corrected chi connectivity index (χ4v) is 4.65. The van der Waals surface area contributed by atoms with Gasteiger partial charge in [-0.3, -0.25) is 0 Å². The fourth-order valence-electron chi connectivity index (χ4n) is 4.65. The van der Waals surface area contributed by atoms with Crippen LogP contribution in [0, 0.1) is 19.7 Å². The first-order valence-electron chi connectivity index (χ1n) is 10.5. The highest BCUT2D eigenvalue weighted by atomic mass is 19.4. The molecule has 0 saturated carbocycles. The maximum Gasteiger partial charge on any atom is 0.416 e. The summed E-state index contributed by atoms with van der Waals surface area (Å²) in [5, 5.41) is 12.6. The molecule has 4 heterocycles. The molecule has 2 aliphatic rings. The summed E-state index contributed by atoms with van der Waals surface area (Å²) in [7, 11) is 0. The molecule has 11 heteroatoms. The van der Waals surface area contributed by atoms with Gasteiger partial charge >= 0.3 is 6.18 Å². The molecule has 7 nitrogen and oxygen atoms in total. The number of fused-ring (bicyclic) bond motifs is 3. The van der Waals surface area contributed by atoms with Crippen LogP contribution in [0.4, 0.5) is 29.2 Å². The number of nitrogens with two attached hydrogens (primary N) is 1. The lowest BCUT2D eigenvalue weighted by Gasteiger charge is -2.28. The van der Waals surface area contributed by atoms with Crippen molar-refractivity contribution in [2.45, 2.75) is 44.8 Å². The Morgan fingerprint density at radius 3 is 2.64 bits per heavy atom. The minimum absolute atomic E-state index is 0.0128. The summed E-state index contributed by atoms with van der Waals surface area (Å²) < 4.78 is 59.7. The zero-order valence-electron chi connectivity index (χ0n) is 17.9. The first kappa shape index (κ1) is 21.8. The molecule has 2 aliphatic heterocycles. The number of alkyl halides is 3. The van der Waals surface area contributed by atoms with Crippen molar-refractivity contribution in [1.82, 2.24) is 15.2 Å². The van der Waals surface area contributed by atoms with Crippen molar-refractivity contribution >= 4 is 22.4 Å². The van der Waals surface area contributed by atoms with Crippen LogP contribution >= 0.6 is 0 Å². The highest BCUT2D eigenvalue weighted by molar-refractivity contribution is 5.94. The second kappa shape index (κ2) is 7.77. The Bertz CT molecular complexity index is 1230. The van der Waals surface area contributed by atoms with Gasteiger partial charge in [-0.1, -0.05) is 0 Å². The number of nitrogens with zero attached hydrogens (tertiary/aromatic N) is 4. The number of rotatable bonds is 4. The lowest BCUT2D eigenvalue weighted by Crippen LogP contribution is -2.37. The highest BCUT2D eigenvalue weighted by Gasteiger charge is 2.39. The predicted molar refractivity (Wildman–Crippen MR) is 114 cm³/mol. The normalized spacial score (nSPS) is 21.1. The summed E-state index contributed by atoms with van der Waals surface area (Å²) in [6, 6.07) is 3.59. The molecule has 2 saturated heterocycles. The summed E-state index contributed by atoms with van der Waals surface area (Å²) in [6.07, 6.45) is -3.00. The Balaban J connectivity index is 1.52. The number of halogens is 4. The van der Waals surface area contributed by atoms with Gasteiger partial charge in [0.2, 0.25) is 0 Å². The average molecular weight is 462 g/mol. The number of ether oxygens (including phenoxy) is 1. The van der Waals surface area contributed by atoms with E-state index in [0.29, 0.717) is 23.8 Å². The molecule has 3 atom stereocenters. The van der Waals surface area contributed by atoms with E-state index in [1.807, 2.05) is 6.07 Å². The van der Waals surface area contributed by atoms with E-state index in [1.165, 1.54) is 6.92 Å². The van der Waals surface area contributed by atoms with E-state index < -0.39 is 23.7 Å². The number of aromatic nitrogens is 3. The quantitative estimate of drug-likeness (QED) is 0.450. The molecule has 1 aromatic carbocycles. The first-order chi connectivity index (χ1) is 15.6. The molecular weight excluding hydrogens is 440 g/mol. The van der Waals surface area contributed by atoms with Crippen LogP contribution in [-0.4, -0.2) is 40.5 Å². The number of hydrogen-bond acceptors (Lipinski definition) is 7. The third kappa shape index (κ3) is 3.84. The number of benzene rings is 1. The average Bonchev–Trinajstić information content (AvgIpc) is 3.40. The van der Waals surface area contributed by atoms with Gasteiger partial charge in [-0.2, -0.15) is 18.3 Å². The molecule has 0 radical (unpaired) electrons. The van der Waals surface area contributed by atoms with Gasteiger partial charge < -0.3 is 20.7 Å². The van der Waals surface area contributed by atoms with E-state index >= 15 is 0 Å². The molecule has 174 valence electrons. The number of hydrogen-bond donors (Lipinski definition) is 2. The van der Waals surface area contributed by atoms with Crippen molar-refractivity contribution in [3.05, 3.63) is 52.6 Å². The molecule has 33 heavy (non-hydrogen) atoms. The van der Waals surface area contributed by atoms with E-state index in [0.717, 1.165) is 30.2 Å². The molecule has 2 aromatic heterocycles. The topological polar surface area (TPSA) is 89.2 Å². The van der Waals surface area contributed by atoms with Gasteiger partial charge in [-0.25, -0.2) is 9.37 Å². The number of nitrogens with one attached hydrogen (secondary N) is 1. The number of morpholine rings is 1. The Labute approximate surface area is 186 Å². The van der Waals surface area contributed by atoms with Crippen molar-refractivity contribution < 1.29 is 22.3 Å². The Morgan fingerprint density at radius 1 is 1.18 bits per heavy atom. The highest BCUT2D eigenvalue weighted by Crippen LogP contribution is 2.37. The van der Waals surface area contributed by atoms with E-state index in [-0.39, 0.29) is 29.1 Å². The van der Waals surface area contributed by atoms with Crippen LogP contribution in [0.1, 0.15) is 35.0 Å². The smallest absolute Gasteiger partial charge is 0.374 e. The van der Waals surface area contributed by atoms with Gasteiger partial charge in [-0.15, -0.1) is 5.10 Å². The van der Waals surface area contributed by atoms with E-state index in [9.17, 15) is 17.6 Å². The van der Waals surface area contributed by atoms with Crippen LogP contribution in [0.3, 0.4) is 0 Å². The lowest BCUT2D eigenvalue weighted by molar-refractivity contribution is -0.138. The fraction of sp³-hybridized carbons (Fsp3) is 0.409. The summed E-state index contributed by atoms with van der Waals surface area (Å²) in [5.41, 5.74) is 5.62. The van der Waals surface area contributed by atoms with Crippen LogP contribution in [-0.2, 0) is 10.9 Å². The predicted octanol–water partition coefficient (Wildman–Crippen LogP) is 3.85. The Kier molecular flexibility index (Phi) is 5.13. The molecule has 3 aromatic rings. The van der Waals surface area contributed by atoms with Crippen molar-refractivity contribution in [1.29, 1.82) is 0 Å². The number of pyridine rings is 1. The number of aryl methyl sites for hydroxylation is 1. The minimum atomic E-state index is -4.70. The van der Waals surface area contributed by atoms with Crippen LogP contribution in [0.15, 0.2) is 24.4 Å². The molecule has 5 rings (SSSR count). The molecule has 0 amide bonds. The zero-order chi connectivity index (χ0) is 23.5. The van der Waals surface area contributed by atoms with Crippen molar-refractivity contribution in [2.24, 2.45) is 5.73 Å². The van der Waals surface area contributed by atoms with Crippen molar-refractivity contribution in [2.75, 3.05) is 23.4 Å². The zero-order valence-corrected chi connectivity index (χ0v) is 17.9. The SMILES string of the molecule is Cc1c([C@@H](N)Nc2nnc(C)c3cnc(N4C[C@H]5C[C@@H]4CO5)cc23)cc(F)cc1C(F)(F)F. The minimum Gasteiger partial charge on any atom is -0.374 e. The van der Waals surface area contributed by atoms with Gasteiger partial charge in [0, 0.05) is 23.5 Å². The second-order valence-electron chi connectivity index (χ2n) is 8.51. The van der Waals surface area contributed by atoms with Crippen LogP contribution in [0.25, 0.3) is 10.8 Å². The van der Waals surface area contributed by atoms with Gasteiger partial charge in [0.15, 0.2) is 5.82 Å². The molecule has 0 unspecified atom stereocenters. The molecular formula is C22H22F4N6O. The van der Waals surface area contributed by atoms with Gasteiger partial charge in [0.05, 0.1) is 30.0 Å². The standard InChI is InChI=1S/C22H22F4N6O/c1-10-15(3-12(23)4-18(10)22(24,25)26)20(27)29-21-16-6-19(28-7-17(16)11(2)30-31-21)32-8-14-5-13(32)9-33-14/h3-4,6-7,13-14,20H,5,8-9,27H2,1-2H3,(H,29,31)/t13-,14-,20+/m1/s1. The van der Waals surface area contributed by atoms with Crippen molar-refractivity contribution in [3.8, 4) is 0 Å². The van der Waals surface area contributed by atoms with Gasteiger partial charge in [-0.05, 0) is 49.6 Å². The van der Waals surface area contributed by atoms with Crippen LogP contribution in [0.5, 0.6) is 0 Å². The molecule has 0 aliphatic carbocycles. The van der Waals surface area contributed by atoms with Crippen LogP contribution in [0.2, 0.25) is 0 Å². The summed E-state index contributed by atoms with van der Waals surface area (Å²) >= 11 is 0. The van der Waals surface area contributed by atoms with Gasteiger partial charge in [0.1, 0.15) is 17.8 Å². The lowest BCUT2D eigenvalue weighted by atomic mass is 9.99.